The van der Waals surface area contributed by atoms with Gasteiger partial charge in [0.2, 0.25) is 0 Å². The molecular weight excluding hydrogens is 352 g/mol. The van der Waals surface area contributed by atoms with Crippen molar-refractivity contribution in [3.63, 3.8) is 0 Å². The highest BCUT2D eigenvalue weighted by molar-refractivity contribution is 8.16. The average Bonchev–Trinajstić information content (AvgIpc) is 2.66. The number of benzene rings is 2. The van der Waals surface area contributed by atoms with Gasteiger partial charge in [0, 0.05) is 23.1 Å². The first kappa shape index (κ1) is 17.8. The van der Waals surface area contributed by atoms with Gasteiger partial charge in [0.1, 0.15) is 5.75 Å². The molecule has 0 aliphatic carbocycles. The summed E-state index contributed by atoms with van der Waals surface area (Å²) in [6, 6.07) is 12.7. The molecule has 0 unspecified atom stereocenters. The van der Waals surface area contributed by atoms with Crippen LogP contribution in [0, 0.1) is 11.8 Å². The van der Waals surface area contributed by atoms with Crippen LogP contribution >= 0.6 is 23.5 Å². The number of carbonyl (C=O) groups is 1. The quantitative estimate of drug-likeness (QED) is 0.639. The van der Waals surface area contributed by atoms with E-state index in [1.165, 1.54) is 5.56 Å². The molecule has 0 bridgehead atoms. The van der Waals surface area contributed by atoms with Crippen molar-refractivity contribution in [1.29, 1.82) is 0 Å². The Kier molecular flexibility index (Phi) is 5.31. The van der Waals surface area contributed by atoms with Crippen LogP contribution in [0.3, 0.4) is 0 Å². The third-order valence-electron chi connectivity index (χ3n) is 4.22. The SMILES string of the molecule is CSC1(SC)CCOc2ccc(C#Cc3ccc(C(=O)O)cc3)cc21. The van der Waals surface area contributed by atoms with E-state index in [1.807, 2.05) is 35.7 Å². The molecule has 2 aromatic carbocycles. The summed E-state index contributed by atoms with van der Waals surface area (Å²) in [5, 5.41) is 8.94. The number of ether oxygens (including phenoxy) is 1. The molecule has 0 radical (unpaired) electrons. The maximum atomic E-state index is 10.9. The van der Waals surface area contributed by atoms with Crippen LogP contribution in [0.2, 0.25) is 0 Å². The zero-order chi connectivity index (χ0) is 17.9. The molecule has 128 valence electrons. The first-order valence-electron chi connectivity index (χ1n) is 7.81. The molecule has 2 aromatic rings. The van der Waals surface area contributed by atoms with Crippen LogP contribution in [0.25, 0.3) is 0 Å². The van der Waals surface area contributed by atoms with Gasteiger partial charge in [0.25, 0.3) is 0 Å². The highest BCUT2D eigenvalue weighted by Gasteiger charge is 2.36. The Morgan fingerprint density at radius 1 is 1.08 bits per heavy atom. The monoisotopic (exact) mass is 370 g/mol. The third-order valence-corrected chi connectivity index (χ3v) is 7.39. The fourth-order valence-corrected chi connectivity index (χ4v) is 4.81. The van der Waals surface area contributed by atoms with Gasteiger partial charge in [0.15, 0.2) is 0 Å². The molecule has 1 aliphatic rings. The first-order valence-corrected chi connectivity index (χ1v) is 10.3. The van der Waals surface area contributed by atoms with Crippen LogP contribution in [-0.2, 0) is 4.08 Å². The molecule has 1 heterocycles. The van der Waals surface area contributed by atoms with Gasteiger partial charge < -0.3 is 9.84 Å². The summed E-state index contributed by atoms with van der Waals surface area (Å²) in [6.07, 6.45) is 5.23. The summed E-state index contributed by atoms with van der Waals surface area (Å²) in [6.45, 7) is 0.732. The second-order valence-electron chi connectivity index (χ2n) is 5.60. The molecule has 25 heavy (non-hydrogen) atoms. The fraction of sp³-hybridized carbons (Fsp3) is 0.250. The van der Waals surface area contributed by atoms with Crippen LogP contribution in [0.5, 0.6) is 5.75 Å². The summed E-state index contributed by atoms with van der Waals surface area (Å²) in [4.78, 5) is 10.9. The van der Waals surface area contributed by atoms with E-state index in [1.54, 1.807) is 24.3 Å². The number of carboxylic acid groups (broad SMARTS) is 1. The zero-order valence-corrected chi connectivity index (χ0v) is 15.7. The predicted octanol–water partition coefficient (Wildman–Crippen LogP) is 4.45. The topological polar surface area (TPSA) is 46.5 Å². The van der Waals surface area contributed by atoms with E-state index in [0.717, 1.165) is 29.9 Å². The van der Waals surface area contributed by atoms with Gasteiger partial charge in [-0.15, -0.1) is 23.5 Å². The molecule has 1 N–H and O–H groups in total. The molecule has 0 saturated heterocycles. The summed E-state index contributed by atoms with van der Waals surface area (Å²) < 4.78 is 5.81. The van der Waals surface area contributed by atoms with Crippen molar-refractivity contribution in [3.05, 3.63) is 64.7 Å². The van der Waals surface area contributed by atoms with E-state index in [-0.39, 0.29) is 9.64 Å². The Balaban J connectivity index is 1.91. The van der Waals surface area contributed by atoms with Crippen LogP contribution in [0.15, 0.2) is 42.5 Å². The van der Waals surface area contributed by atoms with Gasteiger partial charge in [0.05, 0.1) is 16.2 Å². The van der Waals surface area contributed by atoms with Crippen molar-refractivity contribution in [1.82, 2.24) is 0 Å². The lowest BCUT2D eigenvalue weighted by Gasteiger charge is -2.36. The Morgan fingerprint density at radius 3 is 2.36 bits per heavy atom. The molecular formula is C20H18O3S2. The maximum absolute atomic E-state index is 10.9. The van der Waals surface area contributed by atoms with Crippen LogP contribution in [0.4, 0.5) is 0 Å². The molecule has 0 spiro atoms. The number of hydrogen-bond donors (Lipinski definition) is 1. The van der Waals surface area contributed by atoms with Crippen LogP contribution in [0.1, 0.15) is 33.5 Å². The largest absolute Gasteiger partial charge is 0.493 e. The summed E-state index contributed by atoms with van der Waals surface area (Å²) in [5.41, 5.74) is 3.17. The Bertz CT molecular complexity index is 843. The second kappa shape index (κ2) is 7.47. The van der Waals surface area contributed by atoms with E-state index >= 15 is 0 Å². The average molecular weight is 370 g/mol. The number of fused-ring (bicyclic) bond motifs is 1. The molecule has 0 aromatic heterocycles. The molecule has 1 aliphatic heterocycles. The minimum Gasteiger partial charge on any atom is -0.493 e. The van der Waals surface area contributed by atoms with Gasteiger partial charge >= 0.3 is 5.97 Å². The van der Waals surface area contributed by atoms with Crippen molar-refractivity contribution < 1.29 is 14.6 Å². The Labute approximate surface area is 156 Å². The normalized spacial score (nSPS) is 14.6. The standard InChI is InChI=1S/C20H18O3S2/c1-24-20(25-2)11-12-23-18-10-7-15(13-17(18)20)4-3-14-5-8-16(9-6-14)19(21)22/h5-10,13H,11-12H2,1-2H3,(H,21,22). The highest BCUT2D eigenvalue weighted by Crippen LogP contribution is 2.52. The minimum absolute atomic E-state index is 0.00834. The van der Waals surface area contributed by atoms with E-state index in [4.69, 9.17) is 9.84 Å². The summed E-state index contributed by atoms with van der Waals surface area (Å²) >= 11 is 3.69. The van der Waals surface area contributed by atoms with Gasteiger partial charge in [-0.3, -0.25) is 0 Å². The van der Waals surface area contributed by atoms with Gasteiger partial charge in [-0.05, 0) is 55.0 Å². The number of hydrogen-bond acceptors (Lipinski definition) is 4. The van der Waals surface area contributed by atoms with Crippen LogP contribution in [-0.4, -0.2) is 30.2 Å². The van der Waals surface area contributed by atoms with E-state index in [0.29, 0.717) is 0 Å². The summed E-state index contributed by atoms with van der Waals surface area (Å²) in [7, 11) is 0. The molecule has 0 amide bonds. The lowest BCUT2D eigenvalue weighted by atomic mass is 10.0. The Morgan fingerprint density at radius 2 is 1.72 bits per heavy atom. The number of rotatable bonds is 3. The van der Waals surface area contributed by atoms with E-state index < -0.39 is 5.97 Å². The number of thioether (sulfide) groups is 2. The Hall–Kier alpha value is -2.03. The lowest BCUT2D eigenvalue weighted by Crippen LogP contribution is -2.26. The minimum atomic E-state index is -0.931. The van der Waals surface area contributed by atoms with Crippen molar-refractivity contribution >= 4 is 29.5 Å². The molecule has 0 atom stereocenters. The molecule has 3 rings (SSSR count). The summed E-state index contributed by atoms with van der Waals surface area (Å²) in [5.74, 6) is 6.28. The lowest BCUT2D eigenvalue weighted by molar-refractivity contribution is 0.0697. The number of carboxylic acids is 1. The van der Waals surface area contributed by atoms with Crippen molar-refractivity contribution in [2.45, 2.75) is 10.5 Å². The van der Waals surface area contributed by atoms with Crippen molar-refractivity contribution in [2.24, 2.45) is 0 Å². The van der Waals surface area contributed by atoms with Gasteiger partial charge in [-0.2, -0.15) is 0 Å². The predicted molar refractivity (Wildman–Crippen MR) is 105 cm³/mol. The first-order chi connectivity index (χ1) is 12.1. The number of aromatic carboxylic acids is 1. The molecule has 0 fully saturated rings. The van der Waals surface area contributed by atoms with E-state index in [9.17, 15) is 4.79 Å². The van der Waals surface area contributed by atoms with Gasteiger partial charge in [-0.25, -0.2) is 4.79 Å². The van der Waals surface area contributed by atoms with Crippen molar-refractivity contribution in [2.75, 3.05) is 19.1 Å². The third kappa shape index (κ3) is 3.65. The molecule has 5 heteroatoms. The van der Waals surface area contributed by atoms with Crippen LogP contribution < -0.4 is 4.74 Å². The van der Waals surface area contributed by atoms with Crippen molar-refractivity contribution in [3.8, 4) is 17.6 Å². The maximum Gasteiger partial charge on any atom is 0.335 e. The smallest absolute Gasteiger partial charge is 0.335 e. The zero-order valence-electron chi connectivity index (χ0n) is 14.0. The second-order valence-corrected chi connectivity index (χ2v) is 8.07. The van der Waals surface area contributed by atoms with E-state index in [2.05, 4.69) is 30.4 Å². The highest BCUT2D eigenvalue weighted by atomic mass is 32.2. The molecule has 0 saturated carbocycles. The molecule has 3 nitrogen and oxygen atoms in total. The van der Waals surface area contributed by atoms with Gasteiger partial charge in [-0.1, -0.05) is 11.8 Å². The fourth-order valence-electron chi connectivity index (χ4n) is 2.81.